The fourth-order valence-corrected chi connectivity index (χ4v) is 4.31. The molecule has 4 rings (SSSR count). The highest BCUT2D eigenvalue weighted by atomic mass is 19.1. The highest BCUT2D eigenvalue weighted by Crippen LogP contribution is 2.41. The molecule has 2 fully saturated rings. The first-order valence-corrected chi connectivity index (χ1v) is 8.85. The zero-order valence-electron chi connectivity index (χ0n) is 14.6. The third-order valence-corrected chi connectivity index (χ3v) is 5.78. The van der Waals surface area contributed by atoms with Crippen molar-refractivity contribution in [1.29, 1.82) is 0 Å². The van der Waals surface area contributed by atoms with E-state index in [1.807, 2.05) is 11.8 Å². The summed E-state index contributed by atoms with van der Waals surface area (Å²) in [7, 11) is 0. The fraction of sp³-hybridized carbons (Fsp3) is 0.421. The Bertz CT molecular complexity index is 838. The number of aromatic nitrogens is 2. The topological polar surface area (TPSA) is 69.3 Å². The average Bonchev–Trinajstić information content (AvgIpc) is 3.27. The minimum Gasteiger partial charge on any atom is -0.332 e. The molecule has 0 spiro atoms. The van der Waals surface area contributed by atoms with E-state index < -0.39 is 5.54 Å². The van der Waals surface area contributed by atoms with E-state index in [0.717, 1.165) is 0 Å². The highest BCUT2D eigenvalue weighted by molar-refractivity contribution is 5.93. The summed E-state index contributed by atoms with van der Waals surface area (Å²) < 4.78 is 14.1. The Labute approximate surface area is 151 Å². The minimum absolute atomic E-state index is 0.0165. The summed E-state index contributed by atoms with van der Waals surface area (Å²) in [6.07, 6.45) is 3.22. The number of hydrogen-bond acceptors (Lipinski definition) is 3. The molecule has 7 heteroatoms. The van der Waals surface area contributed by atoms with Crippen LogP contribution in [0.2, 0.25) is 0 Å². The van der Waals surface area contributed by atoms with Crippen molar-refractivity contribution >= 4 is 11.8 Å². The van der Waals surface area contributed by atoms with Gasteiger partial charge in [-0.15, -0.1) is 0 Å². The summed E-state index contributed by atoms with van der Waals surface area (Å²) in [4.78, 5) is 29.0. The maximum atomic E-state index is 14.1. The van der Waals surface area contributed by atoms with E-state index in [0.29, 0.717) is 37.1 Å². The van der Waals surface area contributed by atoms with Gasteiger partial charge < -0.3 is 9.80 Å². The molecular weight excluding hydrogens is 335 g/mol. The molecule has 1 aromatic carbocycles. The SMILES string of the molecule is C[C@]12CCN(C(=O)c3ccn[nH]3)[C@H]1CCC(=O)N2Cc1ccccc1F. The summed E-state index contributed by atoms with van der Waals surface area (Å²) in [6.45, 7) is 2.81. The second kappa shape index (κ2) is 6.23. The van der Waals surface area contributed by atoms with Crippen molar-refractivity contribution in [1.82, 2.24) is 20.0 Å². The highest BCUT2D eigenvalue weighted by Gasteiger charge is 2.53. The van der Waals surface area contributed by atoms with Crippen molar-refractivity contribution < 1.29 is 14.0 Å². The number of carbonyl (C=O) groups is 2. The number of amides is 2. The van der Waals surface area contributed by atoms with E-state index in [4.69, 9.17) is 0 Å². The first-order chi connectivity index (χ1) is 12.5. The number of aromatic amines is 1. The maximum absolute atomic E-state index is 14.1. The van der Waals surface area contributed by atoms with Crippen LogP contribution in [-0.4, -0.2) is 49.9 Å². The number of H-pyrrole nitrogens is 1. The van der Waals surface area contributed by atoms with Crippen LogP contribution in [0, 0.1) is 5.82 Å². The molecule has 2 aliphatic rings. The number of halogens is 1. The number of piperidine rings is 1. The van der Waals surface area contributed by atoms with Crippen LogP contribution in [0.3, 0.4) is 0 Å². The Hall–Kier alpha value is -2.70. The van der Waals surface area contributed by atoms with Crippen molar-refractivity contribution in [3.8, 4) is 0 Å². The van der Waals surface area contributed by atoms with Crippen molar-refractivity contribution in [2.24, 2.45) is 0 Å². The number of fused-ring (bicyclic) bond motifs is 1. The average molecular weight is 356 g/mol. The Kier molecular flexibility index (Phi) is 4.01. The summed E-state index contributed by atoms with van der Waals surface area (Å²) in [5.41, 5.74) is 0.459. The molecule has 2 amide bonds. The van der Waals surface area contributed by atoms with Crippen LogP contribution in [0.4, 0.5) is 4.39 Å². The largest absolute Gasteiger partial charge is 0.332 e. The summed E-state index contributed by atoms with van der Waals surface area (Å²) in [6, 6.07) is 8.10. The normalized spacial score (nSPS) is 25.5. The van der Waals surface area contributed by atoms with Gasteiger partial charge in [-0.25, -0.2) is 4.39 Å². The lowest BCUT2D eigenvalue weighted by Crippen LogP contribution is -2.60. The molecule has 0 aliphatic carbocycles. The van der Waals surface area contributed by atoms with E-state index in [9.17, 15) is 14.0 Å². The van der Waals surface area contributed by atoms with Gasteiger partial charge >= 0.3 is 0 Å². The summed E-state index contributed by atoms with van der Waals surface area (Å²) in [5.74, 6) is -0.395. The van der Waals surface area contributed by atoms with Crippen LogP contribution in [0.25, 0.3) is 0 Å². The molecule has 0 radical (unpaired) electrons. The second-order valence-electron chi connectivity index (χ2n) is 7.20. The van der Waals surface area contributed by atoms with Crippen molar-refractivity contribution in [2.75, 3.05) is 6.54 Å². The number of nitrogens with one attached hydrogen (secondary N) is 1. The van der Waals surface area contributed by atoms with Gasteiger partial charge in [0.2, 0.25) is 5.91 Å². The van der Waals surface area contributed by atoms with E-state index >= 15 is 0 Å². The van der Waals surface area contributed by atoms with E-state index in [2.05, 4.69) is 10.2 Å². The van der Waals surface area contributed by atoms with Gasteiger partial charge in [-0.2, -0.15) is 5.10 Å². The molecule has 2 aliphatic heterocycles. The number of rotatable bonds is 3. The molecule has 0 saturated carbocycles. The lowest BCUT2D eigenvalue weighted by atomic mass is 9.83. The van der Waals surface area contributed by atoms with Crippen molar-refractivity contribution in [2.45, 2.75) is 44.3 Å². The summed E-state index contributed by atoms with van der Waals surface area (Å²) in [5, 5.41) is 6.57. The molecule has 6 nitrogen and oxygen atoms in total. The van der Waals surface area contributed by atoms with E-state index in [1.165, 1.54) is 6.07 Å². The van der Waals surface area contributed by atoms with Gasteiger partial charge in [-0.3, -0.25) is 14.7 Å². The Morgan fingerprint density at radius 1 is 1.38 bits per heavy atom. The van der Waals surface area contributed by atoms with Crippen LogP contribution in [0.15, 0.2) is 36.5 Å². The molecular formula is C19H21FN4O2. The van der Waals surface area contributed by atoms with Gasteiger partial charge in [0, 0.05) is 31.3 Å². The number of nitrogens with zero attached hydrogens (tertiary/aromatic N) is 3. The van der Waals surface area contributed by atoms with Gasteiger partial charge in [0.1, 0.15) is 11.5 Å². The standard InChI is InChI=1S/C19H21FN4O2/c1-19-9-11-23(18(26)15-8-10-21-22-15)16(19)6-7-17(25)24(19)12-13-4-2-3-5-14(13)20/h2-5,8,10,16H,6-7,9,11-12H2,1H3,(H,21,22)/t16-,19-/m0/s1. The third kappa shape index (κ3) is 2.58. The number of hydrogen-bond donors (Lipinski definition) is 1. The maximum Gasteiger partial charge on any atom is 0.272 e. The first kappa shape index (κ1) is 16.8. The van der Waals surface area contributed by atoms with Crippen LogP contribution in [-0.2, 0) is 11.3 Å². The summed E-state index contributed by atoms with van der Waals surface area (Å²) >= 11 is 0. The lowest BCUT2D eigenvalue weighted by Gasteiger charge is -2.47. The quantitative estimate of drug-likeness (QED) is 0.918. The van der Waals surface area contributed by atoms with Gasteiger partial charge in [-0.1, -0.05) is 18.2 Å². The monoisotopic (exact) mass is 356 g/mol. The molecule has 1 aromatic heterocycles. The molecule has 26 heavy (non-hydrogen) atoms. The number of benzene rings is 1. The molecule has 2 saturated heterocycles. The van der Waals surface area contributed by atoms with Crippen molar-refractivity contribution in [3.05, 3.63) is 53.6 Å². The number of carbonyl (C=O) groups excluding carboxylic acids is 2. The van der Waals surface area contributed by atoms with Crippen LogP contribution in [0.5, 0.6) is 0 Å². The minimum atomic E-state index is -0.493. The molecule has 0 unspecified atom stereocenters. The molecule has 3 heterocycles. The third-order valence-electron chi connectivity index (χ3n) is 5.78. The van der Waals surface area contributed by atoms with Gasteiger partial charge in [0.05, 0.1) is 11.6 Å². The lowest BCUT2D eigenvalue weighted by molar-refractivity contribution is -0.144. The smallest absolute Gasteiger partial charge is 0.272 e. The first-order valence-electron chi connectivity index (χ1n) is 8.85. The van der Waals surface area contributed by atoms with Gasteiger partial charge in [0.25, 0.3) is 5.91 Å². The van der Waals surface area contributed by atoms with Crippen LogP contribution < -0.4 is 0 Å². The fourth-order valence-electron chi connectivity index (χ4n) is 4.31. The molecule has 0 bridgehead atoms. The van der Waals surface area contributed by atoms with Crippen LogP contribution in [0.1, 0.15) is 42.2 Å². The Balaban J connectivity index is 1.62. The van der Waals surface area contributed by atoms with Crippen molar-refractivity contribution in [3.63, 3.8) is 0 Å². The van der Waals surface area contributed by atoms with E-state index in [-0.39, 0.29) is 30.2 Å². The second-order valence-corrected chi connectivity index (χ2v) is 7.20. The zero-order chi connectivity index (χ0) is 18.3. The molecule has 2 aromatic rings. The predicted molar refractivity (Wildman–Crippen MR) is 92.6 cm³/mol. The predicted octanol–water partition coefficient (Wildman–Crippen LogP) is 2.34. The Morgan fingerprint density at radius 2 is 2.19 bits per heavy atom. The van der Waals surface area contributed by atoms with E-state index in [1.54, 1.807) is 35.4 Å². The molecule has 2 atom stereocenters. The zero-order valence-corrected chi connectivity index (χ0v) is 14.6. The molecule has 1 N–H and O–H groups in total. The molecule has 136 valence electrons. The van der Waals surface area contributed by atoms with Gasteiger partial charge in [-0.05, 0) is 31.9 Å². The van der Waals surface area contributed by atoms with Gasteiger partial charge in [0.15, 0.2) is 0 Å². The number of likely N-dealkylation sites (tertiary alicyclic amines) is 2. The van der Waals surface area contributed by atoms with Crippen LogP contribution >= 0.6 is 0 Å². The Morgan fingerprint density at radius 3 is 2.92 bits per heavy atom.